The van der Waals surface area contributed by atoms with Gasteiger partial charge < -0.3 is 4.90 Å². The van der Waals surface area contributed by atoms with E-state index in [2.05, 4.69) is 15.2 Å². The van der Waals surface area contributed by atoms with Gasteiger partial charge in [0.05, 0.1) is 16.2 Å². The minimum atomic E-state index is -0.203. The Balaban J connectivity index is 1.83. The van der Waals surface area contributed by atoms with Crippen molar-refractivity contribution >= 4 is 56.5 Å². The highest BCUT2D eigenvalue weighted by Gasteiger charge is 2.41. The van der Waals surface area contributed by atoms with Crippen molar-refractivity contribution < 1.29 is 9.59 Å². The van der Waals surface area contributed by atoms with E-state index < -0.39 is 0 Å². The first-order valence-corrected chi connectivity index (χ1v) is 9.64. The van der Waals surface area contributed by atoms with Crippen LogP contribution in [0.3, 0.4) is 0 Å². The van der Waals surface area contributed by atoms with E-state index in [4.69, 9.17) is 0 Å². The van der Waals surface area contributed by atoms with Gasteiger partial charge in [-0.2, -0.15) is 4.99 Å². The van der Waals surface area contributed by atoms with Gasteiger partial charge in [-0.1, -0.05) is 29.5 Å². The Bertz CT molecular complexity index is 995. The molecule has 1 aromatic carbocycles. The number of aromatic nitrogens is 2. The minimum Gasteiger partial charge on any atom is -0.311 e. The van der Waals surface area contributed by atoms with Crippen molar-refractivity contribution in [2.24, 2.45) is 4.99 Å². The van der Waals surface area contributed by atoms with Crippen molar-refractivity contribution in [3.8, 4) is 0 Å². The highest BCUT2D eigenvalue weighted by molar-refractivity contribution is 8.18. The van der Waals surface area contributed by atoms with Gasteiger partial charge in [-0.25, -0.2) is 0 Å². The minimum absolute atomic E-state index is 0.175. The molecule has 26 heavy (non-hydrogen) atoms. The third kappa shape index (κ3) is 2.55. The molecule has 0 unspecified atom stereocenters. The number of hydrogen-bond acceptors (Lipinski definition) is 7. The van der Waals surface area contributed by atoms with Crippen molar-refractivity contribution in [3.05, 3.63) is 39.7 Å². The van der Waals surface area contributed by atoms with Gasteiger partial charge in [-0.15, -0.1) is 10.2 Å². The second-order valence-corrected chi connectivity index (χ2v) is 7.87. The quantitative estimate of drug-likeness (QED) is 0.743. The molecule has 0 spiro atoms. The van der Waals surface area contributed by atoms with Crippen LogP contribution in [0.1, 0.15) is 17.5 Å². The number of nitrogens with zero attached hydrogens (tertiary/aromatic N) is 5. The number of fused-ring (bicyclic) bond motifs is 1. The first-order valence-electron chi connectivity index (χ1n) is 8.01. The second-order valence-electron chi connectivity index (χ2n) is 5.73. The molecule has 0 aliphatic carbocycles. The Morgan fingerprint density at radius 3 is 2.62 bits per heavy atom. The van der Waals surface area contributed by atoms with Gasteiger partial charge in [0.1, 0.15) is 5.01 Å². The normalized spacial score (nSPS) is 21.3. The number of benzene rings is 1. The molecular formula is C17H15N5O2S2. The summed E-state index contributed by atoms with van der Waals surface area (Å²) in [5.41, 5.74) is 2.02. The summed E-state index contributed by atoms with van der Waals surface area (Å²) < 4.78 is 0. The van der Waals surface area contributed by atoms with E-state index in [1.807, 2.05) is 38.1 Å². The highest BCUT2D eigenvalue weighted by atomic mass is 32.2. The molecule has 132 valence electrons. The number of aryl methyl sites for hydroxylation is 1. The molecule has 2 aliphatic rings. The first-order chi connectivity index (χ1) is 12.5. The molecule has 2 aliphatic heterocycles. The number of anilines is 1. The summed E-state index contributed by atoms with van der Waals surface area (Å²) in [5.74, 6) is -0.378. The molecule has 4 rings (SSSR count). The number of hydrogen-bond donors (Lipinski definition) is 0. The zero-order valence-corrected chi connectivity index (χ0v) is 16.0. The number of carbonyl (C=O) groups excluding carboxylic acids is 2. The van der Waals surface area contributed by atoms with Crippen LogP contribution in [0.5, 0.6) is 0 Å². The molecule has 3 heterocycles. The number of amidine groups is 1. The Labute approximate surface area is 158 Å². The summed E-state index contributed by atoms with van der Waals surface area (Å²) in [5, 5.41) is 9.78. The van der Waals surface area contributed by atoms with Crippen molar-refractivity contribution in [2.75, 3.05) is 18.5 Å². The molecule has 7 nitrogen and oxygen atoms in total. The molecule has 0 N–H and O–H groups in total. The Morgan fingerprint density at radius 1 is 1.15 bits per heavy atom. The number of thioether (sulfide) groups is 1. The molecule has 2 amide bonds. The lowest BCUT2D eigenvalue weighted by atomic mass is 10.1. The number of aliphatic imine (C=N–C) groups is 1. The van der Waals surface area contributed by atoms with Gasteiger partial charge in [-0.05, 0) is 31.7 Å². The van der Waals surface area contributed by atoms with Crippen LogP contribution in [-0.2, 0) is 9.59 Å². The maximum absolute atomic E-state index is 13.0. The van der Waals surface area contributed by atoms with Crippen LogP contribution in [0.2, 0.25) is 0 Å². The van der Waals surface area contributed by atoms with Gasteiger partial charge in [0.15, 0.2) is 5.17 Å². The lowest BCUT2D eigenvalue weighted by molar-refractivity contribution is -0.122. The molecule has 1 fully saturated rings. The van der Waals surface area contributed by atoms with E-state index in [9.17, 15) is 9.59 Å². The number of rotatable bonds is 2. The van der Waals surface area contributed by atoms with Crippen LogP contribution in [-0.4, -0.2) is 45.7 Å². The van der Waals surface area contributed by atoms with E-state index in [0.29, 0.717) is 27.3 Å². The molecule has 0 bridgehead atoms. The van der Waals surface area contributed by atoms with Crippen molar-refractivity contribution in [3.63, 3.8) is 0 Å². The zero-order valence-electron chi connectivity index (χ0n) is 14.4. The summed E-state index contributed by atoms with van der Waals surface area (Å²) in [6.07, 6.45) is 0. The lowest BCUT2D eigenvalue weighted by Crippen LogP contribution is -2.29. The monoisotopic (exact) mass is 385 g/mol. The number of para-hydroxylation sites is 1. The zero-order chi connectivity index (χ0) is 18.4. The topological polar surface area (TPSA) is 78.8 Å². The van der Waals surface area contributed by atoms with E-state index in [1.165, 1.54) is 23.1 Å². The predicted octanol–water partition coefficient (Wildman–Crippen LogP) is 2.82. The van der Waals surface area contributed by atoms with E-state index in [-0.39, 0.29) is 11.8 Å². The Kier molecular flexibility index (Phi) is 4.12. The molecule has 0 saturated carbocycles. The number of likely N-dealkylation sites (N-methyl/N-ethyl adjacent to an activating group) is 2. The molecular weight excluding hydrogens is 370 g/mol. The number of amides is 2. The Morgan fingerprint density at radius 2 is 1.92 bits per heavy atom. The van der Waals surface area contributed by atoms with Crippen LogP contribution >= 0.6 is 23.1 Å². The van der Waals surface area contributed by atoms with Gasteiger partial charge in [0.2, 0.25) is 5.13 Å². The molecule has 1 saturated heterocycles. The molecule has 9 heteroatoms. The van der Waals surface area contributed by atoms with Crippen LogP contribution in [0.25, 0.3) is 5.57 Å². The predicted molar refractivity (Wildman–Crippen MR) is 103 cm³/mol. The summed E-state index contributed by atoms with van der Waals surface area (Å²) in [6, 6.07) is 7.49. The van der Waals surface area contributed by atoms with Crippen molar-refractivity contribution in [1.29, 1.82) is 0 Å². The van der Waals surface area contributed by atoms with E-state index in [1.54, 1.807) is 16.8 Å². The lowest BCUT2D eigenvalue weighted by Gasteiger charge is -2.11. The van der Waals surface area contributed by atoms with Crippen molar-refractivity contribution in [1.82, 2.24) is 15.1 Å². The average Bonchev–Trinajstić information content (AvgIpc) is 3.25. The fourth-order valence-corrected chi connectivity index (χ4v) is 4.67. The van der Waals surface area contributed by atoms with Crippen LogP contribution in [0.15, 0.2) is 34.2 Å². The van der Waals surface area contributed by atoms with E-state index >= 15 is 0 Å². The van der Waals surface area contributed by atoms with Gasteiger partial charge in [-0.3, -0.25) is 14.5 Å². The fourth-order valence-electron chi connectivity index (χ4n) is 2.92. The molecule has 1 aromatic heterocycles. The maximum atomic E-state index is 13.0. The third-order valence-electron chi connectivity index (χ3n) is 4.17. The van der Waals surface area contributed by atoms with Crippen LogP contribution < -0.4 is 4.90 Å². The molecule has 2 aromatic rings. The maximum Gasteiger partial charge on any atom is 0.267 e. The molecule has 0 atom stereocenters. The van der Waals surface area contributed by atoms with Gasteiger partial charge >= 0.3 is 0 Å². The second kappa shape index (κ2) is 6.33. The third-order valence-corrected chi connectivity index (χ3v) is 5.98. The van der Waals surface area contributed by atoms with Gasteiger partial charge in [0.25, 0.3) is 11.8 Å². The van der Waals surface area contributed by atoms with Crippen molar-refractivity contribution in [2.45, 2.75) is 13.8 Å². The van der Waals surface area contributed by atoms with E-state index in [0.717, 1.165) is 16.3 Å². The van der Waals surface area contributed by atoms with Crippen LogP contribution in [0.4, 0.5) is 10.8 Å². The largest absolute Gasteiger partial charge is 0.311 e. The molecule has 0 radical (unpaired) electrons. The smallest absolute Gasteiger partial charge is 0.267 e. The summed E-state index contributed by atoms with van der Waals surface area (Å²) >= 11 is 2.58. The number of carbonyl (C=O) groups is 2. The summed E-state index contributed by atoms with van der Waals surface area (Å²) in [4.78, 5) is 33.8. The van der Waals surface area contributed by atoms with Crippen LogP contribution in [0, 0.1) is 6.92 Å². The first kappa shape index (κ1) is 16.9. The highest BCUT2D eigenvalue weighted by Crippen LogP contribution is 2.44. The standard InChI is InChI=1S/C17H15N5O2S2/c1-4-22-15(24)13(26-17(22)18-16-20-19-9(2)25-16)12-10-7-5-6-8-11(10)21(3)14(12)23/h5-8H,4H2,1-3H3/b13-12-,18-17+. The SMILES string of the molecule is CCN1C(=O)/C(=C2/C(=O)N(C)c3ccccc32)S/C1=N/c1nnc(C)s1. The van der Waals surface area contributed by atoms with Gasteiger partial charge in [0, 0.05) is 19.2 Å². The summed E-state index contributed by atoms with van der Waals surface area (Å²) in [7, 11) is 1.72. The Hall–Kier alpha value is -2.52. The average molecular weight is 385 g/mol. The fraction of sp³-hybridized carbons (Fsp3) is 0.235. The summed E-state index contributed by atoms with van der Waals surface area (Å²) in [6.45, 7) is 4.19.